The minimum Gasteiger partial charge on any atom is -0.384 e. The van der Waals surface area contributed by atoms with Crippen molar-refractivity contribution in [3.8, 4) is 10.7 Å². The number of fused-ring (bicyclic) bond motifs is 1. The van der Waals surface area contributed by atoms with Crippen LogP contribution in [0.1, 0.15) is 47.3 Å². The molecule has 7 heteroatoms. The maximum Gasteiger partial charge on any atom is 0.251 e. The van der Waals surface area contributed by atoms with Crippen LogP contribution in [-0.2, 0) is 0 Å². The van der Waals surface area contributed by atoms with Crippen molar-refractivity contribution in [2.24, 2.45) is 5.92 Å². The molecule has 1 amide bonds. The molecule has 1 aliphatic rings. The Morgan fingerprint density at radius 1 is 1.31 bits per heavy atom. The first-order chi connectivity index (χ1) is 12.6. The van der Waals surface area contributed by atoms with E-state index in [0.717, 1.165) is 11.4 Å². The monoisotopic (exact) mass is 369 g/mol. The number of hydrogen-bond donors (Lipinski definition) is 2. The predicted molar refractivity (Wildman–Crippen MR) is 104 cm³/mol. The number of pyridine rings is 1. The van der Waals surface area contributed by atoms with Gasteiger partial charge in [-0.25, -0.2) is 4.98 Å². The number of carbonyl (C=O) groups excluding carboxylic acids is 1. The van der Waals surface area contributed by atoms with Gasteiger partial charge in [-0.3, -0.25) is 4.79 Å². The smallest absolute Gasteiger partial charge is 0.251 e. The highest BCUT2D eigenvalue weighted by Crippen LogP contribution is 2.26. The second-order valence-corrected chi connectivity index (χ2v) is 8.29. The fourth-order valence-electron chi connectivity index (χ4n) is 3.53. The Bertz CT molecular complexity index is 939. The number of nitrogens with one attached hydrogen (secondary N) is 1. The van der Waals surface area contributed by atoms with Crippen LogP contribution in [0.25, 0.3) is 16.3 Å². The van der Waals surface area contributed by atoms with Gasteiger partial charge in [0.1, 0.15) is 5.82 Å². The van der Waals surface area contributed by atoms with Gasteiger partial charge in [-0.2, -0.15) is 4.52 Å². The fraction of sp³-hybridized carbons (Fsp3) is 0.421. The molecule has 0 saturated heterocycles. The number of carbonyl (C=O) groups is 1. The lowest BCUT2D eigenvalue weighted by atomic mass is 9.89. The molecule has 0 unspecified atom stereocenters. The molecule has 3 heterocycles. The van der Waals surface area contributed by atoms with E-state index in [4.69, 9.17) is 5.73 Å². The Morgan fingerprint density at radius 2 is 2.12 bits per heavy atom. The lowest BCUT2D eigenvalue weighted by Crippen LogP contribution is -2.30. The summed E-state index contributed by atoms with van der Waals surface area (Å²) in [6.45, 7) is 2.78. The summed E-state index contributed by atoms with van der Waals surface area (Å²) in [6.07, 6.45) is 6.26. The first kappa shape index (κ1) is 17.0. The Balaban J connectivity index is 1.54. The molecule has 3 aromatic rings. The molecule has 1 saturated carbocycles. The van der Waals surface area contributed by atoms with E-state index in [0.29, 0.717) is 28.8 Å². The third-order valence-corrected chi connectivity index (χ3v) is 5.96. The van der Waals surface area contributed by atoms with Crippen molar-refractivity contribution in [2.45, 2.75) is 39.0 Å². The summed E-state index contributed by atoms with van der Waals surface area (Å²) in [6, 6.07) is 7.47. The molecule has 0 radical (unpaired) electrons. The first-order valence-corrected chi connectivity index (χ1v) is 9.93. The predicted octanol–water partition coefficient (Wildman–Crippen LogP) is 3.66. The van der Waals surface area contributed by atoms with Crippen molar-refractivity contribution in [1.82, 2.24) is 19.9 Å². The number of nitrogens with zero attached hydrogens (tertiary/aromatic N) is 3. The Morgan fingerprint density at radius 3 is 2.85 bits per heavy atom. The molecule has 6 nitrogen and oxygen atoms in total. The van der Waals surface area contributed by atoms with Crippen molar-refractivity contribution in [3.05, 3.63) is 34.7 Å². The lowest BCUT2D eigenvalue weighted by molar-refractivity contribution is 0.0943. The number of nitrogens with two attached hydrogens (primary N) is 1. The molecule has 3 aromatic heterocycles. The standard InChI is InChI=1S/C19H23N5OS/c1-12-7-8-15(26-12)18-22-17-10-14(9-16(20)24(17)23-18)19(25)21-11-13-5-3-2-4-6-13/h7-10,13H,2-6,11,20H2,1H3,(H,21,25). The molecule has 1 aliphatic carbocycles. The zero-order valence-electron chi connectivity index (χ0n) is 14.9. The Labute approximate surface area is 156 Å². The van der Waals surface area contributed by atoms with Crippen molar-refractivity contribution in [2.75, 3.05) is 12.3 Å². The topological polar surface area (TPSA) is 85.3 Å². The van der Waals surface area contributed by atoms with Crippen LogP contribution in [0.15, 0.2) is 24.3 Å². The molecule has 0 atom stereocenters. The maximum atomic E-state index is 12.5. The van der Waals surface area contributed by atoms with Gasteiger partial charge in [0.05, 0.1) is 4.88 Å². The molecule has 136 valence electrons. The lowest BCUT2D eigenvalue weighted by Gasteiger charge is -2.21. The van der Waals surface area contributed by atoms with Gasteiger partial charge in [0.15, 0.2) is 11.5 Å². The van der Waals surface area contributed by atoms with Gasteiger partial charge in [-0.05, 0) is 49.9 Å². The number of anilines is 1. The summed E-state index contributed by atoms with van der Waals surface area (Å²) in [5, 5.41) is 7.53. The van der Waals surface area contributed by atoms with E-state index >= 15 is 0 Å². The van der Waals surface area contributed by atoms with Crippen LogP contribution >= 0.6 is 11.3 Å². The van der Waals surface area contributed by atoms with Gasteiger partial charge in [0.25, 0.3) is 5.91 Å². The molecule has 4 rings (SSSR count). The van der Waals surface area contributed by atoms with Crippen LogP contribution in [0.2, 0.25) is 0 Å². The number of rotatable bonds is 4. The number of aryl methyl sites for hydroxylation is 1. The Kier molecular flexibility index (Phi) is 4.63. The number of hydrogen-bond acceptors (Lipinski definition) is 5. The zero-order chi connectivity index (χ0) is 18.1. The van der Waals surface area contributed by atoms with Gasteiger partial charge >= 0.3 is 0 Å². The van der Waals surface area contributed by atoms with E-state index in [2.05, 4.69) is 15.4 Å². The molecule has 0 aliphatic heterocycles. The van der Waals surface area contributed by atoms with Gasteiger partial charge in [0, 0.05) is 17.0 Å². The molecular weight excluding hydrogens is 346 g/mol. The summed E-state index contributed by atoms with van der Waals surface area (Å²) in [7, 11) is 0. The zero-order valence-corrected chi connectivity index (χ0v) is 15.7. The minimum absolute atomic E-state index is 0.0960. The van der Waals surface area contributed by atoms with Crippen LogP contribution in [0.5, 0.6) is 0 Å². The summed E-state index contributed by atoms with van der Waals surface area (Å²) in [5.74, 6) is 1.55. The molecule has 3 N–H and O–H groups in total. The summed E-state index contributed by atoms with van der Waals surface area (Å²) >= 11 is 1.64. The van der Waals surface area contributed by atoms with Crippen molar-refractivity contribution >= 4 is 28.7 Å². The number of amides is 1. The second-order valence-electron chi connectivity index (χ2n) is 7.00. The van der Waals surface area contributed by atoms with E-state index in [1.807, 2.05) is 19.1 Å². The Hall–Kier alpha value is -2.41. The average molecular weight is 369 g/mol. The number of aromatic nitrogens is 3. The molecule has 0 aromatic carbocycles. The van der Waals surface area contributed by atoms with Gasteiger partial charge in [-0.1, -0.05) is 19.3 Å². The van der Waals surface area contributed by atoms with Crippen molar-refractivity contribution < 1.29 is 4.79 Å². The van der Waals surface area contributed by atoms with Gasteiger partial charge in [0.2, 0.25) is 0 Å². The second kappa shape index (κ2) is 7.07. The van der Waals surface area contributed by atoms with Crippen molar-refractivity contribution in [3.63, 3.8) is 0 Å². The van der Waals surface area contributed by atoms with E-state index in [-0.39, 0.29) is 5.91 Å². The average Bonchev–Trinajstić information content (AvgIpc) is 3.27. The molecule has 0 spiro atoms. The molecule has 26 heavy (non-hydrogen) atoms. The van der Waals surface area contributed by atoms with Gasteiger partial charge < -0.3 is 11.1 Å². The maximum absolute atomic E-state index is 12.5. The van der Waals surface area contributed by atoms with Crippen LogP contribution in [0.4, 0.5) is 5.82 Å². The van der Waals surface area contributed by atoms with Gasteiger partial charge in [-0.15, -0.1) is 16.4 Å². The third kappa shape index (κ3) is 3.44. The first-order valence-electron chi connectivity index (χ1n) is 9.11. The highest BCUT2D eigenvalue weighted by Gasteiger charge is 2.17. The number of thiophene rings is 1. The SMILES string of the molecule is Cc1ccc(-c2nc3cc(C(=O)NCC4CCCCC4)cc(N)n3n2)s1. The van der Waals surface area contributed by atoms with Crippen LogP contribution < -0.4 is 11.1 Å². The van der Waals surface area contributed by atoms with E-state index in [9.17, 15) is 4.79 Å². The van der Waals surface area contributed by atoms with E-state index in [1.54, 1.807) is 28.0 Å². The molecule has 0 bridgehead atoms. The summed E-state index contributed by atoms with van der Waals surface area (Å²) in [4.78, 5) is 19.3. The van der Waals surface area contributed by atoms with Crippen LogP contribution in [0, 0.1) is 12.8 Å². The highest BCUT2D eigenvalue weighted by atomic mass is 32.1. The van der Waals surface area contributed by atoms with Crippen molar-refractivity contribution in [1.29, 1.82) is 0 Å². The number of nitrogen functional groups attached to an aromatic ring is 1. The highest BCUT2D eigenvalue weighted by molar-refractivity contribution is 7.15. The molecular formula is C19H23N5OS. The van der Waals surface area contributed by atoms with Crippen LogP contribution in [0.3, 0.4) is 0 Å². The van der Waals surface area contributed by atoms with E-state index in [1.165, 1.54) is 37.0 Å². The normalized spacial score (nSPS) is 15.4. The summed E-state index contributed by atoms with van der Waals surface area (Å²) < 4.78 is 1.59. The molecule has 1 fully saturated rings. The minimum atomic E-state index is -0.0960. The fourth-order valence-corrected chi connectivity index (χ4v) is 4.33. The quantitative estimate of drug-likeness (QED) is 0.735. The largest absolute Gasteiger partial charge is 0.384 e. The third-order valence-electron chi connectivity index (χ3n) is 4.96. The van der Waals surface area contributed by atoms with E-state index < -0.39 is 0 Å². The summed E-state index contributed by atoms with van der Waals surface area (Å²) in [5.41, 5.74) is 7.24. The van der Waals surface area contributed by atoms with Crippen LogP contribution in [-0.4, -0.2) is 27.0 Å².